The van der Waals surface area contributed by atoms with Crippen LogP contribution in [-0.2, 0) is 6.18 Å². The van der Waals surface area contributed by atoms with Crippen molar-refractivity contribution in [3.05, 3.63) is 29.8 Å². The second kappa shape index (κ2) is 4.58. The van der Waals surface area contributed by atoms with Gasteiger partial charge in [-0.05, 0) is 22.4 Å². The molecule has 10 heteroatoms. The number of fused-ring (bicyclic) bond motifs is 1. The number of halogens is 3. The first kappa shape index (κ1) is 13.1. The normalized spacial score (nSPS) is 11.8. The fourth-order valence-corrected chi connectivity index (χ4v) is 1.68. The Morgan fingerprint density at radius 2 is 1.71 bits per heavy atom. The number of anilines is 2. The first-order valence-corrected chi connectivity index (χ1v) is 5.57. The van der Waals surface area contributed by atoms with Gasteiger partial charge in [-0.1, -0.05) is 12.1 Å². The van der Waals surface area contributed by atoms with E-state index in [0.717, 1.165) is 6.07 Å². The molecule has 0 saturated carbocycles. The minimum absolute atomic E-state index is 0.0419. The molecule has 2 N–H and O–H groups in total. The second-order valence-electron chi connectivity index (χ2n) is 3.98. The Balaban J connectivity index is 2.04. The summed E-state index contributed by atoms with van der Waals surface area (Å²) >= 11 is 0. The molecule has 0 aliphatic rings. The molecule has 0 saturated heterocycles. The third-order valence-electron chi connectivity index (χ3n) is 2.58. The van der Waals surface area contributed by atoms with Gasteiger partial charge in [0.25, 0.3) is 5.88 Å². The highest BCUT2D eigenvalue weighted by molar-refractivity contribution is 5.72. The maximum absolute atomic E-state index is 12.9. The lowest BCUT2D eigenvalue weighted by Crippen LogP contribution is -2.09. The number of aromatic nitrogens is 4. The molecule has 2 heterocycles. The van der Waals surface area contributed by atoms with Crippen LogP contribution in [0.2, 0.25) is 0 Å². The van der Waals surface area contributed by atoms with E-state index in [1.54, 1.807) is 0 Å². The molecule has 2 aromatic heterocycles. The molecule has 0 unspecified atom stereocenters. The molecule has 3 aromatic rings. The van der Waals surface area contributed by atoms with Gasteiger partial charge in [0.05, 0.1) is 11.3 Å². The number of hydrogen-bond donors (Lipinski definition) is 2. The standard InChI is InChI=1S/C11H6F3N5O2/c12-11(13,14)5-3-1-2-4-6(5)15-9-10(20)17-8-7(16-9)18-21-19-8/h1-4H,(H,15,16,18)(H,17,19,20). The summed E-state index contributed by atoms with van der Waals surface area (Å²) in [5.74, 6) is -0.898. The van der Waals surface area contributed by atoms with Gasteiger partial charge in [-0.25, -0.2) is 4.63 Å². The van der Waals surface area contributed by atoms with E-state index in [4.69, 9.17) is 0 Å². The number of hydrogen-bond acceptors (Lipinski definition) is 7. The van der Waals surface area contributed by atoms with Gasteiger partial charge >= 0.3 is 6.18 Å². The Morgan fingerprint density at radius 3 is 2.43 bits per heavy atom. The van der Waals surface area contributed by atoms with E-state index in [-0.39, 0.29) is 22.8 Å². The summed E-state index contributed by atoms with van der Waals surface area (Å²) in [4.78, 5) is 7.40. The van der Waals surface area contributed by atoms with Crippen molar-refractivity contribution in [1.82, 2.24) is 20.3 Å². The van der Waals surface area contributed by atoms with Crippen molar-refractivity contribution < 1.29 is 22.9 Å². The fourth-order valence-electron chi connectivity index (χ4n) is 1.68. The molecule has 0 aliphatic heterocycles. The van der Waals surface area contributed by atoms with E-state index in [9.17, 15) is 18.3 Å². The molecule has 0 radical (unpaired) electrons. The molecule has 0 atom stereocenters. The molecular weight excluding hydrogens is 291 g/mol. The Labute approximate surface area is 114 Å². The van der Waals surface area contributed by atoms with Crippen LogP contribution in [0.5, 0.6) is 5.88 Å². The van der Waals surface area contributed by atoms with E-state index in [0.29, 0.717) is 0 Å². The van der Waals surface area contributed by atoms with Crippen molar-refractivity contribution in [3.63, 3.8) is 0 Å². The number of benzene rings is 1. The SMILES string of the molecule is Oc1nc2nonc2nc1Nc1ccccc1C(F)(F)F. The molecule has 108 valence electrons. The van der Waals surface area contributed by atoms with E-state index >= 15 is 0 Å². The number of nitrogens with one attached hydrogen (secondary N) is 1. The van der Waals surface area contributed by atoms with Gasteiger partial charge in [-0.2, -0.15) is 23.1 Å². The quantitative estimate of drug-likeness (QED) is 0.750. The Hall–Kier alpha value is -2.91. The molecule has 21 heavy (non-hydrogen) atoms. The third kappa shape index (κ3) is 2.42. The summed E-state index contributed by atoms with van der Waals surface area (Å²) in [6.45, 7) is 0. The van der Waals surface area contributed by atoms with Crippen LogP contribution >= 0.6 is 0 Å². The predicted octanol–water partition coefficient (Wildman–Crippen LogP) is 2.48. The lowest BCUT2D eigenvalue weighted by molar-refractivity contribution is -0.136. The van der Waals surface area contributed by atoms with E-state index in [1.807, 2.05) is 0 Å². The zero-order valence-corrected chi connectivity index (χ0v) is 10.1. The van der Waals surface area contributed by atoms with Crippen LogP contribution in [-0.4, -0.2) is 25.4 Å². The van der Waals surface area contributed by atoms with Gasteiger partial charge < -0.3 is 10.4 Å². The van der Waals surface area contributed by atoms with E-state index in [1.165, 1.54) is 18.2 Å². The van der Waals surface area contributed by atoms with Crippen molar-refractivity contribution in [3.8, 4) is 5.88 Å². The van der Waals surface area contributed by atoms with Crippen molar-refractivity contribution in [1.29, 1.82) is 0 Å². The van der Waals surface area contributed by atoms with Crippen LogP contribution in [0.1, 0.15) is 5.56 Å². The van der Waals surface area contributed by atoms with Gasteiger partial charge in [-0.15, -0.1) is 0 Å². The topological polar surface area (TPSA) is 97.0 Å². The van der Waals surface area contributed by atoms with Crippen molar-refractivity contribution in [2.45, 2.75) is 6.18 Å². The highest BCUT2D eigenvalue weighted by Gasteiger charge is 2.33. The summed E-state index contributed by atoms with van der Waals surface area (Å²) in [7, 11) is 0. The summed E-state index contributed by atoms with van der Waals surface area (Å²) in [5.41, 5.74) is -1.27. The first-order valence-electron chi connectivity index (χ1n) is 5.57. The molecule has 0 bridgehead atoms. The van der Waals surface area contributed by atoms with Crippen LogP contribution < -0.4 is 5.32 Å². The van der Waals surface area contributed by atoms with Crippen molar-refractivity contribution in [2.75, 3.05) is 5.32 Å². The summed E-state index contributed by atoms with van der Waals surface area (Å²) < 4.78 is 43.0. The zero-order valence-electron chi connectivity index (χ0n) is 10.1. The first-order chi connectivity index (χ1) is 9.95. The number of nitrogens with zero attached hydrogens (tertiary/aromatic N) is 4. The second-order valence-corrected chi connectivity index (χ2v) is 3.98. The lowest BCUT2D eigenvalue weighted by atomic mass is 10.1. The van der Waals surface area contributed by atoms with Crippen LogP contribution in [0.3, 0.4) is 0 Å². The highest BCUT2D eigenvalue weighted by Crippen LogP contribution is 2.36. The summed E-state index contributed by atoms with van der Waals surface area (Å²) in [6, 6.07) is 4.78. The Bertz CT molecular complexity index is 802. The van der Waals surface area contributed by atoms with E-state index in [2.05, 4.69) is 30.2 Å². The fraction of sp³-hybridized carbons (Fsp3) is 0.0909. The third-order valence-corrected chi connectivity index (χ3v) is 2.58. The monoisotopic (exact) mass is 297 g/mol. The smallest absolute Gasteiger partial charge is 0.418 e. The molecule has 3 rings (SSSR count). The Kier molecular flexibility index (Phi) is 2.85. The maximum atomic E-state index is 12.9. The van der Waals surface area contributed by atoms with Gasteiger partial charge in [0.15, 0.2) is 5.82 Å². The number of para-hydroxylation sites is 1. The minimum atomic E-state index is -4.55. The molecule has 0 aliphatic carbocycles. The molecule has 1 aromatic carbocycles. The van der Waals surface area contributed by atoms with Gasteiger partial charge in [0.2, 0.25) is 11.3 Å². The average Bonchev–Trinajstić information content (AvgIpc) is 2.85. The molecule has 0 fully saturated rings. The highest BCUT2D eigenvalue weighted by atomic mass is 19.4. The number of rotatable bonds is 2. The van der Waals surface area contributed by atoms with Crippen LogP contribution in [0.15, 0.2) is 28.9 Å². The molecule has 0 spiro atoms. The van der Waals surface area contributed by atoms with Crippen LogP contribution in [0, 0.1) is 0 Å². The number of alkyl halides is 3. The lowest BCUT2D eigenvalue weighted by Gasteiger charge is -2.13. The summed E-state index contributed by atoms with van der Waals surface area (Å²) in [5, 5.41) is 18.8. The molecule has 7 nitrogen and oxygen atoms in total. The maximum Gasteiger partial charge on any atom is 0.418 e. The zero-order chi connectivity index (χ0) is 15.0. The van der Waals surface area contributed by atoms with Gasteiger partial charge in [0, 0.05) is 0 Å². The largest absolute Gasteiger partial charge is 0.491 e. The van der Waals surface area contributed by atoms with E-state index < -0.39 is 17.6 Å². The van der Waals surface area contributed by atoms with Crippen molar-refractivity contribution >= 4 is 22.8 Å². The van der Waals surface area contributed by atoms with Crippen molar-refractivity contribution in [2.24, 2.45) is 0 Å². The Morgan fingerprint density at radius 1 is 1.05 bits per heavy atom. The van der Waals surface area contributed by atoms with Gasteiger partial charge in [0.1, 0.15) is 0 Å². The number of aromatic hydroxyl groups is 1. The predicted molar refractivity (Wildman–Crippen MR) is 63.8 cm³/mol. The average molecular weight is 297 g/mol. The van der Waals surface area contributed by atoms with Crippen LogP contribution in [0.25, 0.3) is 11.3 Å². The minimum Gasteiger partial charge on any atom is -0.491 e. The van der Waals surface area contributed by atoms with Crippen LogP contribution in [0.4, 0.5) is 24.7 Å². The molecule has 0 amide bonds. The molecular formula is C11H6F3N5O2. The summed E-state index contributed by atoms with van der Waals surface area (Å²) in [6.07, 6.45) is -4.55. The van der Waals surface area contributed by atoms with Gasteiger partial charge in [-0.3, -0.25) is 0 Å².